The van der Waals surface area contributed by atoms with Gasteiger partial charge in [0.15, 0.2) is 0 Å². The molecule has 0 radical (unpaired) electrons. The number of hydrogen-bond donors (Lipinski definition) is 2. The summed E-state index contributed by atoms with van der Waals surface area (Å²) in [5.74, 6) is -0.277. The van der Waals surface area contributed by atoms with E-state index in [0.717, 1.165) is 15.9 Å². The third kappa shape index (κ3) is 2.57. The van der Waals surface area contributed by atoms with Crippen molar-refractivity contribution in [2.75, 3.05) is 11.1 Å². The molecule has 0 aliphatic heterocycles. The molecule has 0 aliphatic rings. The number of nitrogens with zero attached hydrogens (tertiary/aromatic N) is 1. The molecule has 0 unspecified atom stereocenters. The summed E-state index contributed by atoms with van der Waals surface area (Å²) in [5.41, 5.74) is 7.96. The summed E-state index contributed by atoms with van der Waals surface area (Å²) >= 11 is 7.32. The number of thiophene rings is 1. The largest absolute Gasteiger partial charge is 0.397 e. The monoisotopic (exact) mass is 317 g/mol. The highest BCUT2D eigenvalue weighted by molar-refractivity contribution is 7.21. The number of nitrogen functional groups attached to an aromatic ring is 1. The maximum absolute atomic E-state index is 12.4. The number of carbonyl (C=O) groups is 1. The van der Waals surface area contributed by atoms with Gasteiger partial charge < -0.3 is 11.1 Å². The van der Waals surface area contributed by atoms with E-state index in [1.165, 1.54) is 11.3 Å². The number of benzene rings is 1. The number of carbonyl (C=O) groups excluding carboxylic acids is 1. The number of anilines is 2. The van der Waals surface area contributed by atoms with E-state index in [2.05, 4.69) is 10.3 Å². The molecule has 106 valence electrons. The van der Waals surface area contributed by atoms with Gasteiger partial charge in [-0.1, -0.05) is 23.7 Å². The van der Waals surface area contributed by atoms with Crippen molar-refractivity contribution in [1.29, 1.82) is 0 Å². The van der Waals surface area contributed by atoms with E-state index in [-0.39, 0.29) is 5.91 Å². The minimum absolute atomic E-state index is 0.277. The number of para-hydroxylation sites is 1. The van der Waals surface area contributed by atoms with Gasteiger partial charge in [0.1, 0.15) is 9.71 Å². The SMILES string of the molecule is Cc1ccc2c(N)c(C(=O)Nc3ccccc3Cl)sc2n1. The molecule has 0 aliphatic carbocycles. The van der Waals surface area contributed by atoms with E-state index >= 15 is 0 Å². The predicted octanol–water partition coefficient (Wildman–Crippen LogP) is 4.09. The van der Waals surface area contributed by atoms with Gasteiger partial charge in [-0.25, -0.2) is 4.98 Å². The van der Waals surface area contributed by atoms with Gasteiger partial charge in [0.05, 0.1) is 16.4 Å². The van der Waals surface area contributed by atoms with Gasteiger partial charge in [-0.05, 0) is 31.2 Å². The van der Waals surface area contributed by atoms with Crippen LogP contribution in [0.15, 0.2) is 36.4 Å². The van der Waals surface area contributed by atoms with Gasteiger partial charge in [0.2, 0.25) is 0 Å². The lowest BCUT2D eigenvalue weighted by atomic mass is 10.2. The van der Waals surface area contributed by atoms with Gasteiger partial charge >= 0.3 is 0 Å². The number of fused-ring (bicyclic) bond motifs is 1. The van der Waals surface area contributed by atoms with Crippen molar-refractivity contribution >= 4 is 50.4 Å². The van der Waals surface area contributed by atoms with Gasteiger partial charge in [-0.3, -0.25) is 4.79 Å². The second kappa shape index (κ2) is 5.35. The summed E-state index contributed by atoms with van der Waals surface area (Å²) in [7, 11) is 0. The smallest absolute Gasteiger partial charge is 0.267 e. The van der Waals surface area contributed by atoms with Gasteiger partial charge in [-0.2, -0.15) is 0 Å². The lowest BCUT2D eigenvalue weighted by Gasteiger charge is -2.05. The maximum Gasteiger partial charge on any atom is 0.267 e. The average molecular weight is 318 g/mol. The van der Waals surface area contributed by atoms with Crippen LogP contribution in [0.25, 0.3) is 10.2 Å². The third-order valence-electron chi connectivity index (χ3n) is 3.06. The molecule has 0 bridgehead atoms. The second-order valence-corrected chi connectivity index (χ2v) is 5.99. The topological polar surface area (TPSA) is 68.0 Å². The molecule has 6 heteroatoms. The van der Waals surface area contributed by atoms with Crippen LogP contribution in [0.2, 0.25) is 5.02 Å². The number of amides is 1. The average Bonchev–Trinajstić information content (AvgIpc) is 2.78. The molecule has 2 heterocycles. The molecule has 21 heavy (non-hydrogen) atoms. The third-order valence-corrected chi connectivity index (χ3v) is 4.50. The Bertz CT molecular complexity index is 844. The van der Waals surface area contributed by atoms with Crippen LogP contribution >= 0.6 is 22.9 Å². The summed E-state index contributed by atoms with van der Waals surface area (Å²) in [6.45, 7) is 1.90. The Morgan fingerprint density at radius 3 is 2.81 bits per heavy atom. The van der Waals surface area contributed by atoms with Gasteiger partial charge in [-0.15, -0.1) is 11.3 Å². The van der Waals surface area contributed by atoms with Crippen LogP contribution in [0, 0.1) is 6.92 Å². The molecule has 4 nitrogen and oxygen atoms in total. The Balaban J connectivity index is 1.98. The number of rotatable bonds is 2. The summed E-state index contributed by atoms with van der Waals surface area (Å²) in [4.78, 5) is 18.0. The normalized spacial score (nSPS) is 10.8. The molecule has 3 rings (SSSR count). The molecule has 2 aromatic heterocycles. The highest BCUT2D eigenvalue weighted by Gasteiger charge is 2.18. The van der Waals surface area contributed by atoms with Crippen molar-refractivity contribution in [2.45, 2.75) is 6.92 Å². The Morgan fingerprint density at radius 1 is 1.29 bits per heavy atom. The van der Waals surface area contributed by atoms with Crippen LogP contribution in [0.4, 0.5) is 11.4 Å². The maximum atomic E-state index is 12.4. The van der Waals surface area contributed by atoms with Crippen molar-refractivity contribution in [1.82, 2.24) is 4.98 Å². The van der Waals surface area contributed by atoms with Crippen molar-refractivity contribution in [3.8, 4) is 0 Å². The fourth-order valence-corrected chi connectivity index (χ4v) is 3.22. The van der Waals surface area contributed by atoms with Crippen LogP contribution in [0.3, 0.4) is 0 Å². The van der Waals surface area contributed by atoms with Crippen LogP contribution in [0.1, 0.15) is 15.4 Å². The van der Waals surface area contributed by atoms with E-state index in [4.69, 9.17) is 17.3 Å². The van der Waals surface area contributed by atoms with E-state index in [0.29, 0.717) is 21.3 Å². The standard InChI is InChI=1S/C15H12ClN3OS/c1-8-6-7-9-12(17)13(21-15(9)18-8)14(20)19-11-5-3-2-4-10(11)16/h2-7H,17H2,1H3,(H,19,20). The zero-order chi connectivity index (χ0) is 15.0. The molecular formula is C15H12ClN3OS. The van der Waals surface area contributed by atoms with E-state index in [1.807, 2.05) is 19.1 Å². The van der Waals surface area contributed by atoms with Crippen molar-refractivity contribution in [3.63, 3.8) is 0 Å². The molecule has 0 atom stereocenters. The highest BCUT2D eigenvalue weighted by atomic mass is 35.5. The molecule has 0 saturated heterocycles. The number of hydrogen-bond acceptors (Lipinski definition) is 4. The molecule has 0 spiro atoms. The van der Waals surface area contributed by atoms with E-state index < -0.39 is 0 Å². The van der Waals surface area contributed by atoms with Crippen molar-refractivity contribution < 1.29 is 4.79 Å². The Morgan fingerprint density at radius 2 is 2.05 bits per heavy atom. The number of aromatic nitrogens is 1. The Kier molecular flexibility index (Phi) is 3.53. The summed E-state index contributed by atoms with van der Waals surface area (Å²) in [6.07, 6.45) is 0. The fourth-order valence-electron chi connectivity index (χ4n) is 2.00. The Labute approximate surface area is 130 Å². The molecule has 1 amide bonds. The molecule has 3 aromatic rings. The fraction of sp³-hybridized carbons (Fsp3) is 0.0667. The van der Waals surface area contributed by atoms with Crippen LogP contribution < -0.4 is 11.1 Å². The molecule has 0 fully saturated rings. The van der Waals surface area contributed by atoms with E-state index in [9.17, 15) is 4.79 Å². The number of halogens is 1. The first-order chi connectivity index (χ1) is 10.1. The van der Waals surface area contributed by atoms with Gasteiger partial charge in [0.25, 0.3) is 5.91 Å². The second-order valence-electron chi connectivity index (χ2n) is 4.58. The van der Waals surface area contributed by atoms with Crippen molar-refractivity contribution in [2.24, 2.45) is 0 Å². The first-order valence-corrected chi connectivity index (χ1v) is 7.47. The van der Waals surface area contributed by atoms with Crippen LogP contribution in [-0.2, 0) is 0 Å². The first kappa shape index (κ1) is 13.9. The number of nitrogens with one attached hydrogen (secondary N) is 1. The van der Waals surface area contributed by atoms with Crippen LogP contribution in [-0.4, -0.2) is 10.9 Å². The molecular weight excluding hydrogens is 306 g/mol. The van der Waals surface area contributed by atoms with Crippen molar-refractivity contribution in [3.05, 3.63) is 52.0 Å². The van der Waals surface area contributed by atoms with Crippen LogP contribution in [0.5, 0.6) is 0 Å². The molecule has 3 N–H and O–H groups in total. The molecule has 0 saturated carbocycles. The quantitative estimate of drug-likeness (QED) is 0.748. The predicted molar refractivity (Wildman–Crippen MR) is 88.2 cm³/mol. The van der Waals surface area contributed by atoms with Gasteiger partial charge in [0, 0.05) is 11.1 Å². The summed E-state index contributed by atoms with van der Waals surface area (Å²) in [6, 6.07) is 10.8. The lowest BCUT2D eigenvalue weighted by Crippen LogP contribution is -2.12. The Hall–Kier alpha value is -2.11. The summed E-state index contributed by atoms with van der Waals surface area (Å²) in [5, 5.41) is 4.06. The minimum Gasteiger partial charge on any atom is -0.397 e. The number of pyridine rings is 1. The zero-order valence-electron chi connectivity index (χ0n) is 11.2. The molecule has 1 aromatic carbocycles. The highest BCUT2D eigenvalue weighted by Crippen LogP contribution is 2.33. The summed E-state index contributed by atoms with van der Waals surface area (Å²) < 4.78 is 0. The zero-order valence-corrected chi connectivity index (χ0v) is 12.8. The van der Waals surface area contributed by atoms with E-state index in [1.54, 1.807) is 24.3 Å². The minimum atomic E-state index is -0.277. The lowest BCUT2D eigenvalue weighted by molar-refractivity contribution is 0.103. The first-order valence-electron chi connectivity index (χ1n) is 6.28. The number of nitrogens with two attached hydrogens (primary N) is 1. The number of aryl methyl sites for hydroxylation is 1.